The van der Waals surface area contributed by atoms with Gasteiger partial charge in [0.05, 0.1) is 0 Å². The Morgan fingerprint density at radius 1 is 1.00 bits per heavy atom. The zero-order chi connectivity index (χ0) is 16.1. The Labute approximate surface area is 161 Å². The van der Waals surface area contributed by atoms with E-state index in [0.29, 0.717) is 11.5 Å². The minimum Gasteiger partial charge on any atom is -0.324 e. The van der Waals surface area contributed by atoms with E-state index in [-0.39, 0.29) is 36.8 Å². The topological polar surface area (TPSA) is 68.0 Å². The number of halogens is 2. The number of pyridine rings is 1. The quantitative estimate of drug-likeness (QED) is 0.801. The van der Waals surface area contributed by atoms with Crippen molar-refractivity contribution in [3.8, 4) is 0 Å². The molecule has 25 heavy (non-hydrogen) atoms. The molecule has 1 fully saturated rings. The van der Waals surface area contributed by atoms with Crippen LogP contribution in [0.1, 0.15) is 54.1 Å². The first kappa shape index (κ1) is 21.4. The van der Waals surface area contributed by atoms with Crippen molar-refractivity contribution in [2.75, 3.05) is 5.32 Å². The van der Waals surface area contributed by atoms with Crippen LogP contribution in [0.15, 0.2) is 48.8 Å². The number of nitrogens with zero attached hydrogens (tertiary/aromatic N) is 1. The number of rotatable bonds is 4. The van der Waals surface area contributed by atoms with Gasteiger partial charge in [-0.15, -0.1) is 24.8 Å². The molecule has 6 heteroatoms. The summed E-state index contributed by atoms with van der Waals surface area (Å²) in [4.78, 5) is 16.2. The summed E-state index contributed by atoms with van der Waals surface area (Å²) in [5.41, 5.74) is 8.92. The first-order chi connectivity index (χ1) is 11.2. The van der Waals surface area contributed by atoms with Gasteiger partial charge in [0.15, 0.2) is 0 Å². The fourth-order valence-electron chi connectivity index (χ4n) is 3.26. The van der Waals surface area contributed by atoms with Crippen molar-refractivity contribution < 1.29 is 4.79 Å². The molecule has 1 heterocycles. The van der Waals surface area contributed by atoms with Gasteiger partial charge in [-0.05, 0) is 48.6 Å². The number of nitrogens with one attached hydrogen (secondary N) is 1. The molecule has 1 aromatic carbocycles. The predicted molar refractivity (Wildman–Crippen MR) is 107 cm³/mol. The maximum absolute atomic E-state index is 12.2. The van der Waals surface area contributed by atoms with Gasteiger partial charge in [-0.25, -0.2) is 0 Å². The van der Waals surface area contributed by atoms with E-state index < -0.39 is 0 Å². The average Bonchev–Trinajstić information content (AvgIpc) is 2.63. The SMILES string of the molecule is Cl.Cl.NC(c1ccc(C(=O)Nc2ccncc2)cc1)C1CCCCC1. The first-order valence-corrected chi connectivity index (χ1v) is 8.31. The van der Waals surface area contributed by atoms with E-state index in [1.807, 2.05) is 24.3 Å². The molecule has 0 radical (unpaired) electrons. The second-order valence-electron chi connectivity index (χ2n) is 6.24. The van der Waals surface area contributed by atoms with Crippen molar-refractivity contribution in [1.29, 1.82) is 0 Å². The lowest BCUT2D eigenvalue weighted by Gasteiger charge is -2.27. The van der Waals surface area contributed by atoms with Crippen molar-refractivity contribution in [3.05, 3.63) is 59.9 Å². The predicted octanol–water partition coefficient (Wildman–Crippen LogP) is 4.76. The summed E-state index contributed by atoms with van der Waals surface area (Å²) in [6, 6.07) is 11.3. The van der Waals surface area contributed by atoms with E-state index >= 15 is 0 Å². The van der Waals surface area contributed by atoms with Crippen LogP contribution in [-0.2, 0) is 0 Å². The van der Waals surface area contributed by atoms with Crippen LogP contribution in [0.4, 0.5) is 5.69 Å². The van der Waals surface area contributed by atoms with E-state index in [2.05, 4.69) is 10.3 Å². The summed E-state index contributed by atoms with van der Waals surface area (Å²) in [7, 11) is 0. The number of nitrogens with two attached hydrogens (primary N) is 1. The Morgan fingerprint density at radius 2 is 1.60 bits per heavy atom. The standard InChI is InChI=1S/C19H23N3O.2ClH/c20-18(14-4-2-1-3-5-14)15-6-8-16(9-7-15)19(23)22-17-10-12-21-13-11-17;;/h6-14,18H,1-5,20H2,(H,21,22,23);2*1H. The minimum absolute atomic E-state index is 0. The molecule has 1 amide bonds. The van der Waals surface area contributed by atoms with Crippen LogP contribution in [0, 0.1) is 5.92 Å². The van der Waals surface area contributed by atoms with E-state index in [1.165, 1.54) is 32.1 Å². The fourth-order valence-corrected chi connectivity index (χ4v) is 3.26. The number of benzene rings is 1. The largest absolute Gasteiger partial charge is 0.324 e. The van der Waals surface area contributed by atoms with Crippen LogP contribution in [0.25, 0.3) is 0 Å². The van der Waals surface area contributed by atoms with Crippen molar-refractivity contribution in [1.82, 2.24) is 4.98 Å². The normalized spacial score (nSPS) is 15.4. The molecule has 1 aromatic heterocycles. The molecule has 0 spiro atoms. The highest BCUT2D eigenvalue weighted by Gasteiger charge is 2.21. The number of anilines is 1. The number of hydrogen-bond acceptors (Lipinski definition) is 3. The molecule has 0 bridgehead atoms. The Hall–Kier alpha value is -1.62. The minimum atomic E-state index is -0.117. The molecule has 1 saturated carbocycles. The lowest BCUT2D eigenvalue weighted by Crippen LogP contribution is -2.23. The average molecular weight is 382 g/mol. The number of carbonyl (C=O) groups is 1. The summed E-state index contributed by atoms with van der Waals surface area (Å²) in [5, 5.41) is 2.86. The number of hydrogen-bond donors (Lipinski definition) is 2. The van der Waals surface area contributed by atoms with Gasteiger partial charge in [-0.2, -0.15) is 0 Å². The molecule has 4 nitrogen and oxygen atoms in total. The molecule has 0 aliphatic heterocycles. The van der Waals surface area contributed by atoms with Crippen LogP contribution in [-0.4, -0.2) is 10.9 Å². The van der Waals surface area contributed by atoms with E-state index in [1.54, 1.807) is 24.5 Å². The van der Waals surface area contributed by atoms with Crippen molar-refractivity contribution in [3.63, 3.8) is 0 Å². The summed E-state index contributed by atoms with van der Waals surface area (Å²) in [6.07, 6.45) is 9.63. The van der Waals surface area contributed by atoms with Crippen LogP contribution in [0.5, 0.6) is 0 Å². The first-order valence-electron chi connectivity index (χ1n) is 8.31. The van der Waals surface area contributed by atoms with Gasteiger partial charge in [-0.1, -0.05) is 31.4 Å². The van der Waals surface area contributed by atoms with Crippen molar-refractivity contribution >= 4 is 36.4 Å². The second kappa shape index (κ2) is 10.4. The molecule has 2 aromatic rings. The number of carbonyl (C=O) groups excluding carboxylic acids is 1. The molecule has 3 N–H and O–H groups in total. The maximum atomic E-state index is 12.2. The van der Waals surface area contributed by atoms with Crippen LogP contribution >= 0.6 is 24.8 Å². The van der Waals surface area contributed by atoms with Gasteiger partial charge >= 0.3 is 0 Å². The van der Waals surface area contributed by atoms with Gasteiger partial charge in [-0.3, -0.25) is 9.78 Å². The molecule has 1 atom stereocenters. The molecule has 1 aliphatic rings. The number of aromatic nitrogens is 1. The third-order valence-corrected chi connectivity index (χ3v) is 4.65. The highest BCUT2D eigenvalue weighted by molar-refractivity contribution is 6.04. The zero-order valence-corrected chi connectivity index (χ0v) is 15.7. The van der Waals surface area contributed by atoms with E-state index in [9.17, 15) is 4.79 Å². The molecular formula is C19H25Cl2N3O. The van der Waals surface area contributed by atoms with Crippen LogP contribution in [0.2, 0.25) is 0 Å². The molecular weight excluding hydrogens is 357 g/mol. The van der Waals surface area contributed by atoms with Gasteiger partial charge in [0.25, 0.3) is 5.91 Å². The Balaban J connectivity index is 0.00000156. The highest BCUT2D eigenvalue weighted by Crippen LogP contribution is 2.32. The van der Waals surface area contributed by atoms with Crippen molar-refractivity contribution in [2.24, 2.45) is 11.7 Å². The lowest BCUT2D eigenvalue weighted by molar-refractivity contribution is 0.102. The summed E-state index contributed by atoms with van der Waals surface area (Å²) < 4.78 is 0. The third kappa shape index (κ3) is 5.70. The Bertz CT molecular complexity index is 643. The molecule has 1 aliphatic carbocycles. The lowest BCUT2D eigenvalue weighted by atomic mass is 9.81. The van der Waals surface area contributed by atoms with Gasteiger partial charge in [0, 0.05) is 29.7 Å². The van der Waals surface area contributed by atoms with Gasteiger partial charge < -0.3 is 11.1 Å². The van der Waals surface area contributed by atoms with Crippen molar-refractivity contribution in [2.45, 2.75) is 38.1 Å². The summed E-state index contributed by atoms with van der Waals surface area (Å²) in [5.74, 6) is 0.453. The second-order valence-corrected chi connectivity index (χ2v) is 6.24. The molecule has 3 rings (SSSR count). The third-order valence-electron chi connectivity index (χ3n) is 4.65. The molecule has 0 saturated heterocycles. The Morgan fingerprint density at radius 3 is 2.20 bits per heavy atom. The monoisotopic (exact) mass is 381 g/mol. The summed E-state index contributed by atoms with van der Waals surface area (Å²) in [6.45, 7) is 0. The van der Waals surface area contributed by atoms with Gasteiger partial charge in [0.1, 0.15) is 0 Å². The zero-order valence-electron chi connectivity index (χ0n) is 14.1. The smallest absolute Gasteiger partial charge is 0.255 e. The molecule has 136 valence electrons. The van der Waals surface area contributed by atoms with Crippen LogP contribution < -0.4 is 11.1 Å². The van der Waals surface area contributed by atoms with Crippen LogP contribution in [0.3, 0.4) is 0 Å². The van der Waals surface area contributed by atoms with Gasteiger partial charge in [0.2, 0.25) is 0 Å². The summed E-state index contributed by atoms with van der Waals surface area (Å²) >= 11 is 0. The Kier molecular flexibility index (Phi) is 8.90. The van der Waals surface area contributed by atoms with E-state index in [4.69, 9.17) is 5.73 Å². The highest BCUT2D eigenvalue weighted by atomic mass is 35.5. The molecule has 1 unspecified atom stereocenters. The maximum Gasteiger partial charge on any atom is 0.255 e. The van der Waals surface area contributed by atoms with E-state index in [0.717, 1.165) is 11.3 Å². The fraction of sp³-hybridized carbons (Fsp3) is 0.368. The number of amides is 1.